The van der Waals surface area contributed by atoms with E-state index in [1.54, 1.807) is 25.6 Å². The van der Waals surface area contributed by atoms with Crippen molar-refractivity contribution >= 4 is 17.2 Å². The molecule has 5 heteroatoms. The van der Waals surface area contributed by atoms with Crippen LogP contribution in [0.2, 0.25) is 0 Å². The maximum Gasteiger partial charge on any atom is 0.252 e. The Labute approximate surface area is 133 Å². The standard InChI is InChI=1S/C17H17NO3S/c1-20-14-5-9-3-4-13-16(10(9)6-15(14)21-2)11-7-22-8-12(11)17(19)18-13/h5-8,13,16H,3-4H2,1-2H3,(H,18,19)/t13-,16+/m0/s1. The molecule has 0 unspecified atom stereocenters. The lowest BCUT2D eigenvalue weighted by Crippen LogP contribution is -2.46. The number of thiophene rings is 1. The molecule has 0 fully saturated rings. The third kappa shape index (κ3) is 1.85. The minimum Gasteiger partial charge on any atom is -0.493 e. The molecule has 1 aromatic heterocycles. The van der Waals surface area contributed by atoms with E-state index in [0.29, 0.717) is 0 Å². The van der Waals surface area contributed by atoms with Crippen molar-refractivity contribution in [3.8, 4) is 11.5 Å². The van der Waals surface area contributed by atoms with Crippen LogP contribution in [0.25, 0.3) is 0 Å². The molecular formula is C17H17NO3S. The van der Waals surface area contributed by atoms with Crippen molar-refractivity contribution in [3.05, 3.63) is 45.1 Å². The summed E-state index contributed by atoms with van der Waals surface area (Å²) in [4.78, 5) is 12.2. The fourth-order valence-electron chi connectivity index (χ4n) is 3.66. The van der Waals surface area contributed by atoms with E-state index < -0.39 is 0 Å². The molecule has 2 aromatic rings. The van der Waals surface area contributed by atoms with Gasteiger partial charge < -0.3 is 14.8 Å². The second-order valence-electron chi connectivity index (χ2n) is 5.74. The quantitative estimate of drug-likeness (QED) is 0.927. The summed E-state index contributed by atoms with van der Waals surface area (Å²) in [5, 5.41) is 7.21. The van der Waals surface area contributed by atoms with Crippen LogP contribution in [-0.4, -0.2) is 26.2 Å². The number of aryl methyl sites for hydroxylation is 1. The van der Waals surface area contributed by atoms with E-state index in [0.717, 1.165) is 35.5 Å². The van der Waals surface area contributed by atoms with Gasteiger partial charge in [0.2, 0.25) is 0 Å². The predicted octanol–water partition coefficient (Wildman–Crippen LogP) is 2.96. The minimum atomic E-state index is 0.0569. The van der Waals surface area contributed by atoms with Crippen LogP contribution in [0.5, 0.6) is 11.5 Å². The Kier molecular flexibility index (Phi) is 3.11. The first kappa shape index (κ1) is 13.6. The average molecular weight is 315 g/mol. The van der Waals surface area contributed by atoms with Gasteiger partial charge >= 0.3 is 0 Å². The zero-order chi connectivity index (χ0) is 15.3. The van der Waals surface area contributed by atoms with Crippen molar-refractivity contribution in [1.29, 1.82) is 0 Å². The normalized spacial score (nSPS) is 22.2. The van der Waals surface area contributed by atoms with Crippen LogP contribution >= 0.6 is 11.3 Å². The van der Waals surface area contributed by atoms with Crippen LogP contribution in [0.3, 0.4) is 0 Å². The van der Waals surface area contributed by atoms with Gasteiger partial charge in [-0.3, -0.25) is 4.79 Å². The second kappa shape index (κ2) is 5.02. The number of ether oxygens (including phenoxy) is 2. The van der Waals surface area contributed by atoms with Crippen LogP contribution in [0.1, 0.15) is 39.4 Å². The SMILES string of the molecule is COc1cc2c(cc1OC)[C@@H]1c3cscc3C(=O)N[C@H]1CC2. The molecule has 1 aliphatic heterocycles. The highest BCUT2D eigenvalue weighted by atomic mass is 32.1. The van der Waals surface area contributed by atoms with Crippen molar-refractivity contribution in [2.24, 2.45) is 0 Å². The number of nitrogens with one attached hydrogen (secondary N) is 1. The Morgan fingerprint density at radius 1 is 1.14 bits per heavy atom. The first-order valence-corrected chi connectivity index (χ1v) is 8.29. The number of hydrogen-bond acceptors (Lipinski definition) is 4. The number of amides is 1. The highest BCUT2D eigenvalue weighted by Gasteiger charge is 2.39. The molecule has 0 spiro atoms. The third-order valence-corrected chi connectivity index (χ3v) is 5.46. The highest BCUT2D eigenvalue weighted by molar-refractivity contribution is 7.08. The Balaban J connectivity index is 1.90. The monoisotopic (exact) mass is 315 g/mol. The Morgan fingerprint density at radius 3 is 2.68 bits per heavy atom. The third-order valence-electron chi connectivity index (χ3n) is 4.70. The number of methoxy groups -OCH3 is 2. The van der Waals surface area contributed by atoms with Gasteiger partial charge in [0, 0.05) is 17.3 Å². The van der Waals surface area contributed by atoms with Crippen molar-refractivity contribution < 1.29 is 14.3 Å². The molecule has 2 aliphatic rings. The van der Waals surface area contributed by atoms with E-state index in [9.17, 15) is 4.79 Å². The number of rotatable bonds is 2. The summed E-state index contributed by atoms with van der Waals surface area (Å²) >= 11 is 1.59. The van der Waals surface area contributed by atoms with Gasteiger partial charge in [-0.15, -0.1) is 0 Å². The molecular weight excluding hydrogens is 298 g/mol. The molecule has 2 heterocycles. The molecule has 1 aromatic carbocycles. The van der Waals surface area contributed by atoms with Gasteiger partial charge in [0.25, 0.3) is 5.91 Å². The zero-order valence-electron chi connectivity index (χ0n) is 12.5. The topological polar surface area (TPSA) is 47.6 Å². The number of carbonyl (C=O) groups excluding carboxylic acids is 1. The van der Waals surface area contributed by atoms with Gasteiger partial charge in [-0.1, -0.05) is 0 Å². The summed E-state index contributed by atoms with van der Waals surface area (Å²) in [5.74, 6) is 1.78. The summed E-state index contributed by atoms with van der Waals surface area (Å²) < 4.78 is 10.9. The van der Waals surface area contributed by atoms with Gasteiger partial charge in [-0.2, -0.15) is 11.3 Å². The molecule has 4 nitrogen and oxygen atoms in total. The fourth-order valence-corrected chi connectivity index (χ4v) is 4.52. The Bertz CT molecular complexity index is 752. The average Bonchev–Trinajstić information content (AvgIpc) is 3.03. The molecule has 114 valence electrons. The summed E-state index contributed by atoms with van der Waals surface area (Å²) in [5.41, 5.74) is 4.49. The molecule has 0 bridgehead atoms. The van der Waals surface area contributed by atoms with Crippen LogP contribution in [-0.2, 0) is 6.42 Å². The zero-order valence-corrected chi connectivity index (χ0v) is 13.3. The van der Waals surface area contributed by atoms with E-state index in [4.69, 9.17) is 9.47 Å². The second-order valence-corrected chi connectivity index (χ2v) is 6.49. The first-order valence-electron chi connectivity index (χ1n) is 7.34. The summed E-state index contributed by atoms with van der Waals surface area (Å²) in [7, 11) is 3.32. The van der Waals surface area contributed by atoms with Gasteiger partial charge in [-0.25, -0.2) is 0 Å². The molecule has 4 rings (SSSR count). The highest BCUT2D eigenvalue weighted by Crippen LogP contribution is 2.45. The molecule has 1 aliphatic carbocycles. The summed E-state index contributed by atoms with van der Waals surface area (Å²) in [6.07, 6.45) is 1.89. The van der Waals surface area contributed by atoms with Crippen LogP contribution in [0.4, 0.5) is 0 Å². The van der Waals surface area contributed by atoms with E-state index in [-0.39, 0.29) is 17.9 Å². The van der Waals surface area contributed by atoms with E-state index in [1.165, 1.54) is 11.1 Å². The maximum absolute atomic E-state index is 12.2. The molecule has 1 N–H and O–H groups in total. The van der Waals surface area contributed by atoms with Crippen LogP contribution in [0.15, 0.2) is 22.9 Å². The van der Waals surface area contributed by atoms with Crippen molar-refractivity contribution in [2.45, 2.75) is 24.8 Å². The Morgan fingerprint density at radius 2 is 1.91 bits per heavy atom. The van der Waals surface area contributed by atoms with E-state index in [2.05, 4.69) is 22.8 Å². The van der Waals surface area contributed by atoms with Gasteiger partial charge in [0.05, 0.1) is 19.8 Å². The molecule has 2 atom stereocenters. The number of hydrogen-bond donors (Lipinski definition) is 1. The number of fused-ring (bicyclic) bond motifs is 5. The molecule has 22 heavy (non-hydrogen) atoms. The minimum absolute atomic E-state index is 0.0569. The van der Waals surface area contributed by atoms with E-state index >= 15 is 0 Å². The van der Waals surface area contributed by atoms with Gasteiger partial charge in [-0.05, 0) is 47.0 Å². The fraction of sp³-hybridized carbons (Fsp3) is 0.353. The number of benzene rings is 1. The van der Waals surface area contributed by atoms with E-state index in [1.807, 2.05) is 5.38 Å². The van der Waals surface area contributed by atoms with Crippen molar-refractivity contribution in [2.75, 3.05) is 14.2 Å². The summed E-state index contributed by atoms with van der Waals surface area (Å²) in [6, 6.07) is 4.32. The smallest absolute Gasteiger partial charge is 0.252 e. The maximum atomic E-state index is 12.2. The largest absolute Gasteiger partial charge is 0.493 e. The Hall–Kier alpha value is -2.01. The molecule has 0 saturated heterocycles. The molecule has 1 amide bonds. The molecule has 0 radical (unpaired) electrons. The van der Waals surface area contributed by atoms with Crippen molar-refractivity contribution in [1.82, 2.24) is 5.32 Å². The number of carbonyl (C=O) groups is 1. The lowest BCUT2D eigenvalue weighted by Gasteiger charge is -2.38. The lowest BCUT2D eigenvalue weighted by molar-refractivity contribution is 0.0915. The van der Waals surface area contributed by atoms with Crippen LogP contribution in [0, 0.1) is 0 Å². The van der Waals surface area contributed by atoms with Crippen molar-refractivity contribution in [3.63, 3.8) is 0 Å². The van der Waals surface area contributed by atoms with Crippen LogP contribution < -0.4 is 14.8 Å². The lowest BCUT2D eigenvalue weighted by atomic mass is 9.73. The molecule has 0 saturated carbocycles. The predicted molar refractivity (Wildman–Crippen MR) is 85.3 cm³/mol. The summed E-state index contributed by atoms with van der Waals surface area (Å²) in [6.45, 7) is 0. The first-order chi connectivity index (χ1) is 10.7. The van der Waals surface area contributed by atoms with Gasteiger partial charge in [0.1, 0.15) is 0 Å². The van der Waals surface area contributed by atoms with Gasteiger partial charge in [0.15, 0.2) is 11.5 Å².